The van der Waals surface area contributed by atoms with E-state index >= 15 is 0 Å². The summed E-state index contributed by atoms with van der Waals surface area (Å²) in [5.41, 5.74) is 5.08. The van der Waals surface area contributed by atoms with Crippen LogP contribution in [0.2, 0.25) is 0 Å². The van der Waals surface area contributed by atoms with Crippen molar-refractivity contribution in [1.29, 1.82) is 0 Å². The maximum absolute atomic E-state index is 13.0. The molecule has 0 bridgehead atoms. The number of nitrogens with zero attached hydrogens (tertiary/aromatic N) is 2. The minimum atomic E-state index is -0.618. The molecule has 0 unspecified atom stereocenters. The van der Waals surface area contributed by atoms with E-state index < -0.39 is 11.5 Å². The molecule has 0 radical (unpaired) electrons. The van der Waals surface area contributed by atoms with Gasteiger partial charge in [-0.1, -0.05) is 88.7 Å². The number of H-pyrrole nitrogens is 1. The first-order valence-corrected chi connectivity index (χ1v) is 10.3. The second kappa shape index (κ2) is 9.32. The van der Waals surface area contributed by atoms with Gasteiger partial charge < -0.3 is 0 Å². The smallest absolute Gasteiger partial charge is 0.267 e. The molecule has 4 aromatic rings. The molecule has 0 fully saturated rings. The van der Waals surface area contributed by atoms with Crippen molar-refractivity contribution in [3.8, 4) is 22.4 Å². The molecular formula is C24H17BrN4O2. The molecule has 2 N–H and O–H groups in total. The molecule has 6 nitrogen and oxygen atoms in total. The first kappa shape index (κ1) is 20.4. The van der Waals surface area contributed by atoms with Gasteiger partial charge in [0.05, 0.1) is 11.9 Å². The number of rotatable bonds is 5. The van der Waals surface area contributed by atoms with Gasteiger partial charge in [0.25, 0.3) is 11.5 Å². The minimum Gasteiger partial charge on any atom is -0.267 e. The number of aromatic nitrogens is 2. The number of benzene rings is 3. The number of carbonyl (C=O) groups excluding carboxylic acids is 1. The zero-order valence-corrected chi connectivity index (χ0v) is 17.8. The Morgan fingerprint density at radius 1 is 0.903 bits per heavy atom. The maximum Gasteiger partial charge on any atom is 0.277 e. The van der Waals surface area contributed by atoms with Crippen LogP contribution in [-0.4, -0.2) is 22.3 Å². The number of aromatic amines is 1. The third-order valence-electron chi connectivity index (χ3n) is 4.57. The second-order valence-electron chi connectivity index (χ2n) is 6.63. The number of hydrogen-bond donors (Lipinski definition) is 2. The van der Waals surface area contributed by atoms with Crippen LogP contribution in [-0.2, 0) is 0 Å². The first-order valence-electron chi connectivity index (χ1n) is 9.46. The van der Waals surface area contributed by atoms with Crippen LogP contribution < -0.4 is 11.0 Å². The summed E-state index contributed by atoms with van der Waals surface area (Å²) < 4.78 is 0.943. The number of hydrazone groups is 1. The van der Waals surface area contributed by atoms with Gasteiger partial charge in [0.15, 0.2) is 0 Å². The van der Waals surface area contributed by atoms with Crippen molar-refractivity contribution in [2.45, 2.75) is 0 Å². The zero-order valence-electron chi connectivity index (χ0n) is 16.2. The lowest BCUT2D eigenvalue weighted by Gasteiger charge is -2.12. The Morgan fingerprint density at radius 2 is 1.52 bits per heavy atom. The van der Waals surface area contributed by atoms with E-state index in [1.807, 2.05) is 84.9 Å². The highest BCUT2D eigenvalue weighted by molar-refractivity contribution is 9.10. The summed E-state index contributed by atoms with van der Waals surface area (Å²) in [5, 5.41) is 10.7. The number of amides is 1. The maximum atomic E-state index is 13.0. The molecule has 0 aliphatic carbocycles. The average molecular weight is 473 g/mol. The van der Waals surface area contributed by atoms with E-state index in [0.717, 1.165) is 15.6 Å². The molecule has 7 heteroatoms. The Kier molecular flexibility index (Phi) is 6.14. The first-order chi connectivity index (χ1) is 15.1. The van der Waals surface area contributed by atoms with Crippen LogP contribution in [0.4, 0.5) is 0 Å². The molecular weight excluding hydrogens is 456 g/mol. The summed E-state index contributed by atoms with van der Waals surface area (Å²) in [5.74, 6) is -0.618. The summed E-state index contributed by atoms with van der Waals surface area (Å²) in [6, 6.07) is 26.1. The number of hydrogen-bond acceptors (Lipinski definition) is 4. The quantitative estimate of drug-likeness (QED) is 0.327. The molecule has 4 rings (SSSR count). The third kappa shape index (κ3) is 4.67. The molecule has 152 valence electrons. The number of carbonyl (C=O) groups is 1. The van der Waals surface area contributed by atoms with Gasteiger partial charge in [0.1, 0.15) is 5.56 Å². The SMILES string of the molecule is O=C(N/N=C/c1ccc(Br)cc1)c1c(-c2ccccc2)c(-c2ccccc2)n[nH]c1=O. The van der Waals surface area contributed by atoms with Gasteiger partial charge in [0, 0.05) is 15.6 Å². The van der Waals surface area contributed by atoms with Crippen molar-refractivity contribution in [3.05, 3.63) is 111 Å². The number of halogens is 1. The Balaban J connectivity index is 1.76. The average Bonchev–Trinajstić information content (AvgIpc) is 2.81. The lowest BCUT2D eigenvalue weighted by Crippen LogP contribution is -2.28. The highest BCUT2D eigenvalue weighted by Crippen LogP contribution is 2.31. The molecule has 0 aliphatic heterocycles. The molecule has 31 heavy (non-hydrogen) atoms. The molecule has 1 aromatic heterocycles. The van der Waals surface area contributed by atoms with Crippen LogP contribution >= 0.6 is 15.9 Å². The van der Waals surface area contributed by atoms with Crippen LogP contribution in [0, 0.1) is 0 Å². The molecule has 0 atom stereocenters. The summed E-state index contributed by atoms with van der Waals surface area (Å²) >= 11 is 3.37. The van der Waals surface area contributed by atoms with E-state index in [1.165, 1.54) is 6.21 Å². The van der Waals surface area contributed by atoms with Crippen molar-refractivity contribution >= 4 is 28.1 Å². The molecule has 0 spiro atoms. The standard InChI is InChI=1S/C24H17BrN4O2/c25-19-13-11-16(12-14-19)15-26-28-23(30)21-20(17-7-3-1-4-8-17)22(27-29-24(21)31)18-9-5-2-6-10-18/h1-15H,(H,28,30)(H,29,31)/b26-15+. The van der Waals surface area contributed by atoms with Gasteiger partial charge in [-0.15, -0.1) is 0 Å². The topological polar surface area (TPSA) is 87.2 Å². The fraction of sp³-hybridized carbons (Fsp3) is 0. The van der Waals surface area contributed by atoms with Gasteiger partial charge in [0.2, 0.25) is 0 Å². The van der Waals surface area contributed by atoms with Gasteiger partial charge in [-0.2, -0.15) is 10.2 Å². The van der Waals surface area contributed by atoms with Crippen molar-refractivity contribution in [1.82, 2.24) is 15.6 Å². The molecule has 1 amide bonds. The predicted octanol–water partition coefficient (Wildman–Crippen LogP) is 4.63. The van der Waals surface area contributed by atoms with Crippen LogP contribution in [0.25, 0.3) is 22.4 Å². The lowest BCUT2D eigenvalue weighted by molar-refractivity contribution is 0.0954. The van der Waals surface area contributed by atoms with Crippen LogP contribution in [0.1, 0.15) is 15.9 Å². The monoisotopic (exact) mass is 472 g/mol. The Morgan fingerprint density at radius 3 is 2.16 bits per heavy atom. The van der Waals surface area contributed by atoms with Crippen molar-refractivity contribution in [2.75, 3.05) is 0 Å². The Bertz CT molecular complexity index is 1280. The van der Waals surface area contributed by atoms with Crippen LogP contribution in [0.15, 0.2) is 99.3 Å². The van der Waals surface area contributed by atoms with E-state index in [1.54, 1.807) is 0 Å². The molecule has 0 saturated heterocycles. The highest BCUT2D eigenvalue weighted by Gasteiger charge is 2.22. The minimum absolute atomic E-state index is 0.0481. The van der Waals surface area contributed by atoms with Gasteiger partial charge in [-0.25, -0.2) is 10.5 Å². The molecule has 3 aromatic carbocycles. The van der Waals surface area contributed by atoms with Crippen molar-refractivity contribution < 1.29 is 4.79 Å². The Hall–Kier alpha value is -3.84. The second-order valence-corrected chi connectivity index (χ2v) is 7.55. The summed E-state index contributed by atoms with van der Waals surface area (Å²) in [4.78, 5) is 25.7. The molecule has 0 saturated carbocycles. The predicted molar refractivity (Wildman–Crippen MR) is 125 cm³/mol. The zero-order chi connectivity index (χ0) is 21.6. The summed E-state index contributed by atoms with van der Waals surface area (Å²) in [6.45, 7) is 0. The van der Waals surface area contributed by atoms with Crippen molar-refractivity contribution in [3.63, 3.8) is 0 Å². The summed E-state index contributed by atoms with van der Waals surface area (Å²) in [6.07, 6.45) is 1.51. The van der Waals surface area contributed by atoms with Gasteiger partial charge >= 0.3 is 0 Å². The van der Waals surface area contributed by atoms with Gasteiger partial charge in [-0.3, -0.25) is 9.59 Å². The van der Waals surface area contributed by atoms with Crippen LogP contribution in [0.3, 0.4) is 0 Å². The largest absolute Gasteiger partial charge is 0.277 e. The molecule has 0 aliphatic rings. The van der Waals surface area contributed by atoms with E-state index in [-0.39, 0.29) is 5.56 Å². The fourth-order valence-electron chi connectivity index (χ4n) is 3.13. The van der Waals surface area contributed by atoms with E-state index in [4.69, 9.17) is 0 Å². The fourth-order valence-corrected chi connectivity index (χ4v) is 3.39. The summed E-state index contributed by atoms with van der Waals surface area (Å²) in [7, 11) is 0. The third-order valence-corrected chi connectivity index (χ3v) is 5.10. The van der Waals surface area contributed by atoms with Crippen LogP contribution in [0.5, 0.6) is 0 Å². The Labute approximate surface area is 186 Å². The van der Waals surface area contributed by atoms with E-state index in [0.29, 0.717) is 16.8 Å². The normalized spacial score (nSPS) is 10.9. The van der Waals surface area contributed by atoms with E-state index in [2.05, 4.69) is 36.7 Å². The van der Waals surface area contributed by atoms with Gasteiger partial charge in [-0.05, 0) is 23.3 Å². The van der Waals surface area contributed by atoms with Crippen molar-refractivity contribution in [2.24, 2.45) is 5.10 Å². The highest BCUT2D eigenvalue weighted by atomic mass is 79.9. The number of nitrogens with one attached hydrogen (secondary N) is 2. The molecule has 1 heterocycles. The lowest BCUT2D eigenvalue weighted by atomic mass is 9.95. The van der Waals surface area contributed by atoms with E-state index in [9.17, 15) is 9.59 Å².